The molecule has 1 heterocycles. The van der Waals surface area contributed by atoms with Gasteiger partial charge in [0.15, 0.2) is 11.5 Å². The van der Waals surface area contributed by atoms with Gasteiger partial charge >= 0.3 is 0 Å². The highest BCUT2D eigenvalue weighted by molar-refractivity contribution is 5.85. The van der Waals surface area contributed by atoms with Gasteiger partial charge in [-0.25, -0.2) is 0 Å². The van der Waals surface area contributed by atoms with E-state index in [0.717, 1.165) is 24.3 Å². The molecule has 1 atom stereocenters. The van der Waals surface area contributed by atoms with Gasteiger partial charge in [-0.1, -0.05) is 0 Å². The maximum Gasteiger partial charge on any atom is 0.203 e. The monoisotopic (exact) mass is 273 g/mol. The standard InChI is InChI=1S/C13H19NO3.ClH/c1-15-11-7-6-9(10-5-4-8-14-10)12(16-2)13(11)17-3;/h6-7,10,14H,4-5,8H2,1-3H3;1H/t10-;/m0./s1. The fourth-order valence-corrected chi connectivity index (χ4v) is 2.35. The van der Waals surface area contributed by atoms with E-state index >= 15 is 0 Å². The molecule has 0 amide bonds. The quantitative estimate of drug-likeness (QED) is 0.915. The molecule has 1 aliphatic heterocycles. The molecule has 0 aromatic heterocycles. The third-order valence-electron chi connectivity index (χ3n) is 3.17. The number of ether oxygens (including phenoxy) is 3. The van der Waals surface area contributed by atoms with E-state index in [1.165, 1.54) is 6.42 Å². The summed E-state index contributed by atoms with van der Waals surface area (Å²) < 4.78 is 16.1. The van der Waals surface area contributed by atoms with Crippen molar-refractivity contribution in [3.05, 3.63) is 17.7 Å². The van der Waals surface area contributed by atoms with Crippen LogP contribution in [0.15, 0.2) is 12.1 Å². The predicted molar refractivity (Wildman–Crippen MR) is 73.3 cm³/mol. The summed E-state index contributed by atoms with van der Waals surface area (Å²) >= 11 is 0. The Labute approximate surface area is 114 Å². The number of halogens is 1. The number of nitrogens with one attached hydrogen (secondary N) is 1. The average molecular weight is 274 g/mol. The molecule has 1 aromatic rings. The lowest BCUT2D eigenvalue weighted by Gasteiger charge is -2.19. The SMILES string of the molecule is COc1ccc([C@@H]2CCCN2)c(OC)c1OC.Cl. The first kappa shape index (κ1) is 14.9. The highest BCUT2D eigenvalue weighted by Crippen LogP contribution is 2.43. The van der Waals surface area contributed by atoms with Gasteiger partial charge in [-0.2, -0.15) is 0 Å². The molecule has 0 saturated carbocycles. The zero-order valence-corrected chi connectivity index (χ0v) is 11.8. The van der Waals surface area contributed by atoms with Crippen molar-refractivity contribution in [2.45, 2.75) is 18.9 Å². The smallest absolute Gasteiger partial charge is 0.203 e. The summed E-state index contributed by atoms with van der Waals surface area (Å²) in [4.78, 5) is 0. The van der Waals surface area contributed by atoms with Crippen molar-refractivity contribution in [1.82, 2.24) is 5.32 Å². The molecule has 1 aliphatic rings. The largest absolute Gasteiger partial charge is 0.493 e. The second-order valence-electron chi connectivity index (χ2n) is 4.07. The molecular weight excluding hydrogens is 254 g/mol. The van der Waals surface area contributed by atoms with E-state index in [0.29, 0.717) is 17.5 Å². The second kappa shape index (κ2) is 6.71. The topological polar surface area (TPSA) is 39.7 Å². The van der Waals surface area contributed by atoms with Crippen molar-refractivity contribution in [3.8, 4) is 17.2 Å². The molecule has 0 bridgehead atoms. The second-order valence-corrected chi connectivity index (χ2v) is 4.07. The molecule has 1 N–H and O–H groups in total. The van der Waals surface area contributed by atoms with Gasteiger partial charge in [0, 0.05) is 11.6 Å². The number of rotatable bonds is 4. The van der Waals surface area contributed by atoms with Gasteiger partial charge in [0.1, 0.15) is 0 Å². The van der Waals surface area contributed by atoms with Crippen molar-refractivity contribution in [1.29, 1.82) is 0 Å². The van der Waals surface area contributed by atoms with Crippen LogP contribution in [-0.4, -0.2) is 27.9 Å². The predicted octanol–water partition coefficient (Wildman–Crippen LogP) is 2.56. The number of benzene rings is 1. The van der Waals surface area contributed by atoms with Gasteiger partial charge in [-0.15, -0.1) is 12.4 Å². The van der Waals surface area contributed by atoms with Gasteiger partial charge in [-0.3, -0.25) is 0 Å². The van der Waals surface area contributed by atoms with Gasteiger partial charge < -0.3 is 19.5 Å². The Bertz CT molecular complexity index is 392. The van der Waals surface area contributed by atoms with Crippen molar-refractivity contribution in [2.75, 3.05) is 27.9 Å². The van der Waals surface area contributed by atoms with Crippen molar-refractivity contribution in [3.63, 3.8) is 0 Å². The van der Waals surface area contributed by atoms with Crippen LogP contribution in [0.25, 0.3) is 0 Å². The van der Waals surface area contributed by atoms with Crippen molar-refractivity contribution >= 4 is 12.4 Å². The molecule has 0 unspecified atom stereocenters. The van der Waals surface area contributed by atoms with E-state index < -0.39 is 0 Å². The Balaban J connectivity index is 0.00000162. The summed E-state index contributed by atoms with van der Waals surface area (Å²) in [5, 5.41) is 3.46. The average Bonchev–Trinajstić information content (AvgIpc) is 2.90. The van der Waals surface area contributed by atoms with E-state index in [1.807, 2.05) is 12.1 Å². The molecule has 1 fully saturated rings. The van der Waals surface area contributed by atoms with Crippen LogP contribution in [0.1, 0.15) is 24.4 Å². The lowest BCUT2D eigenvalue weighted by Crippen LogP contribution is -2.14. The first-order valence-corrected chi connectivity index (χ1v) is 5.84. The molecule has 0 spiro atoms. The summed E-state index contributed by atoms with van der Waals surface area (Å²) in [5.74, 6) is 2.14. The van der Waals surface area contributed by atoms with Crippen LogP contribution in [0.2, 0.25) is 0 Å². The van der Waals surface area contributed by atoms with E-state index in [1.54, 1.807) is 21.3 Å². The molecule has 4 nitrogen and oxygen atoms in total. The Kier molecular flexibility index (Phi) is 5.56. The van der Waals surface area contributed by atoms with Gasteiger partial charge in [0.25, 0.3) is 0 Å². The van der Waals surface area contributed by atoms with E-state index in [9.17, 15) is 0 Å². The first-order chi connectivity index (χ1) is 8.31. The minimum atomic E-state index is 0. The highest BCUT2D eigenvalue weighted by Gasteiger charge is 2.24. The molecule has 0 aliphatic carbocycles. The van der Waals surface area contributed by atoms with Crippen LogP contribution >= 0.6 is 12.4 Å². The number of methoxy groups -OCH3 is 3. The van der Waals surface area contributed by atoms with Crippen LogP contribution in [0, 0.1) is 0 Å². The minimum absolute atomic E-state index is 0. The maximum absolute atomic E-state index is 5.48. The van der Waals surface area contributed by atoms with Crippen molar-refractivity contribution in [2.24, 2.45) is 0 Å². The first-order valence-electron chi connectivity index (χ1n) is 5.84. The fraction of sp³-hybridized carbons (Fsp3) is 0.538. The summed E-state index contributed by atoms with van der Waals surface area (Å²) in [6.07, 6.45) is 2.33. The normalized spacial score (nSPS) is 18.1. The highest BCUT2D eigenvalue weighted by atomic mass is 35.5. The summed E-state index contributed by atoms with van der Waals surface area (Å²) in [7, 11) is 4.92. The Morgan fingerprint density at radius 3 is 2.28 bits per heavy atom. The van der Waals surface area contributed by atoms with Crippen LogP contribution in [0.5, 0.6) is 17.2 Å². The summed E-state index contributed by atoms with van der Waals surface area (Å²) in [6, 6.07) is 4.32. The molecule has 1 aromatic carbocycles. The van der Waals surface area contributed by atoms with E-state index in [-0.39, 0.29) is 12.4 Å². The van der Waals surface area contributed by atoms with Crippen LogP contribution in [0.3, 0.4) is 0 Å². The molecule has 0 radical (unpaired) electrons. The fourth-order valence-electron chi connectivity index (χ4n) is 2.35. The molecule has 5 heteroatoms. The van der Waals surface area contributed by atoms with Gasteiger partial charge in [-0.05, 0) is 31.5 Å². The Hall–Kier alpha value is -1.13. The molecule has 1 saturated heterocycles. The van der Waals surface area contributed by atoms with Crippen molar-refractivity contribution < 1.29 is 14.2 Å². The maximum atomic E-state index is 5.48. The molecule has 2 rings (SSSR count). The van der Waals surface area contributed by atoms with Gasteiger partial charge in [0.05, 0.1) is 21.3 Å². The number of hydrogen-bond acceptors (Lipinski definition) is 4. The van der Waals surface area contributed by atoms with Crippen LogP contribution in [0.4, 0.5) is 0 Å². The lowest BCUT2D eigenvalue weighted by atomic mass is 10.0. The Morgan fingerprint density at radius 2 is 1.78 bits per heavy atom. The lowest BCUT2D eigenvalue weighted by molar-refractivity contribution is 0.320. The zero-order valence-electron chi connectivity index (χ0n) is 11.0. The Morgan fingerprint density at radius 1 is 1.06 bits per heavy atom. The third kappa shape index (κ3) is 2.65. The minimum Gasteiger partial charge on any atom is -0.493 e. The third-order valence-corrected chi connectivity index (χ3v) is 3.17. The van der Waals surface area contributed by atoms with Crippen LogP contribution < -0.4 is 19.5 Å². The van der Waals surface area contributed by atoms with Crippen LogP contribution in [-0.2, 0) is 0 Å². The number of hydrogen-bond donors (Lipinski definition) is 1. The molecular formula is C13H20ClNO3. The van der Waals surface area contributed by atoms with E-state index in [4.69, 9.17) is 14.2 Å². The van der Waals surface area contributed by atoms with E-state index in [2.05, 4.69) is 5.32 Å². The summed E-state index contributed by atoms with van der Waals surface area (Å²) in [5.41, 5.74) is 1.14. The summed E-state index contributed by atoms with van der Waals surface area (Å²) in [6.45, 7) is 1.06. The van der Waals surface area contributed by atoms with Gasteiger partial charge in [0.2, 0.25) is 5.75 Å². The molecule has 102 valence electrons. The zero-order chi connectivity index (χ0) is 12.3. The molecule has 18 heavy (non-hydrogen) atoms.